The van der Waals surface area contributed by atoms with Gasteiger partial charge in [-0.2, -0.15) is 5.10 Å². The molecule has 5 heteroatoms. The molecule has 0 atom stereocenters. The molecule has 0 saturated carbocycles. The number of hydrogen-bond acceptors (Lipinski definition) is 4. The lowest BCUT2D eigenvalue weighted by molar-refractivity contribution is 0.446. The summed E-state index contributed by atoms with van der Waals surface area (Å²) in [6, 6.07) is 7.36. The second kappa shape index (κ2) is 5.78. The molecule has 0 radical (unpaired) electrons. The van der Waals surface area contributed by atoms with Gasteiger partial charge in [0.05, 0.1) is 17.3 Å². The molecular weight excluding hydrogens is 250 g/mol. The van der Waals surface area contributed by atoms with Crippen molar-refractivity contribution in [1.29, 1.82) is 0 Å². The van der Waals surface area contributed by atoms with E-state index in [1.54, 1.807) is 12.1 Å². The minimum Gasteiger partial charge on any atom is -0.436 e. The molecule has 0 spiro atoms. The Morgan fingerprint density at radius 1 is 1.17 bits per heavy atom. The van der Waals surface area contributed by atoms with Crippen molar-refractivity contribution < 1.29 is 4.74 Å². The summed E-state index contributed by atoms with van der Waals surface area (Å²) in [7, 11) is 0. The van der Waals surface area contributed by atoms with Gasteiger partial charge in [0, 0.05) is 11.8 Å². The molecule has 0 amide bonds. The maximum atomic E-state index is 5.68. The molecule has 0 fully saturated rings. The number of aryl methyl sites for hydroxylation is 2. The van der Waals surface area contributed by atoms with Crippen LogP contribution < -0.4 is 4.74 Å². The maximum Gasteiger partial charge on any atom is 0.238 e. The van der Waals surface area contributed by atoms with E-state index >= 15 is 0 Å². The molecule has 2 aromatic rings. The number of alkyl halides is 1. The number of pyridine rings is 1. The first-order chi connectivity index (χ1) is 8.72. The lowest BCUT2D eigenvalue weighted by atomic mass is 10.2. The second-order valence-electron chi connectivity index (χ2n) is 3.85. The Labute approximate surface area is 111 Å². The highest BCUT2D eigenvalue weighted by Gasteiger charge is 2.06. The van der Waals surface area contributed by atoms with Crippen molar-refractivity contribution in [1.82, 2.24) is 15.2 Å². The van der Waals surface area contributed by atoms with Crippen LogP contribution in [0.15, 0.2) is 24.3 Å². The molecule has 0 aliphatic rings. The Kier molecular flexibility index (Phi) is 4.10. The van der Waals surface area contributed by atoms with Crippen LogP contribution >= 0.6 is 11.6 Å². The van der Waals surface area contributed by atoms with Crippen LogP contribution in [0.1, 0.15) is 24.0 Å². The van der Waals surface area contributed by atoms with Crippen LogP contribution in [0.25, 0.3) is 0 Å². The van der Waals surface area contributed by atoms with E-state index in [2.05, 4.69) is 15.2 Å². The van der Waals surface area contributed by atoms with Gasteiger partial charge in [-0.3, -0.25) is 4.98 Å². The average molecular weight is 264 g/mol. The Morgan fingerprint density at radius 2 is 2.00 bits per heavy atom. The van der Waals surface area contributed by atoms with Crippen molar-refractivity contribution in [3.05, 3.63) is 41.3 Å². The average Bonchev–Trinajstić information content (AvgIpc) is 2.41. The quantitative estimate of drug-likeness (QED) is 0.795. The van der Waals surface area contributed by atoms with Crippen LogP contribution in [0.2, 0.25) is 0 Å². The predicted octanol–water partition coefficient (Wildman–Crippen LogP) is 3.27. The van der Waals surface area contributed by atoms with E-state index < -0.39 is 0 Å². The Balaban J connectivity index is 2.22. The van der Waals surface area contributed by atoms with Crippen LogP contribution in [-0.2, 0) is 12.3 Å². The molecule has 18 heavy (non-hydrogen) atoms. The third-order valence-electron chi connectivity index (χ3n) is 2.45. The normalized spacial score (nSPS) is 10.4. The fraction of sp³-hybridized carbons (Fsp3) is 0.308. The van der Waals surface area contributed by atoms with Gasteiger partial charge in [-0.15, -0.1) is 16.7 Å². The zero-order valence-electron chi connectivity index (χ0n) is 10.4. The van der Waals surface area contributed by atoms with Crippen molar-refractivity contribution in [2.75, 3.05) is 0 Å². The van der Waals surface area contributed by atoms with E-state index in [9.17, 15) is 0 Å². The Hall–Kier alpha value is -1.68. The first kappa shape index (κ1) is 12.8. The van der Waals surface area contributed by atoms with Gasteiger partial charge < -0.3 is 4.74 Å². The van der Waals surface area contributed by atoms with E-state index in [1.807, 2.05) is 26.0 Å². The molecule has 0 N–H and O–H groups in total. The molecule has 0 aliphatic carbocycles. The number of ether oxygens (including phenoxy) is 1. The van der Waals surface area contributed by atoms with Crippen LogP contribution in [0.5, 0.6) is 11.6 Å². The van der Waals surface area contributed by atoms with Crippen molar-refractivity contribution in [2.24, 2.45) is 0 Å². The second-order valence-corrected chi connectivity index (χ2v) is 4.12. The zero-order chi connectivity index (χ0) is 13.0. The van der Waals surface area contributed by atoms with E-state index in [4.69, 9.17) is 16.3 Å². The van der Waals surface area contributed by atoms with E-state index in [0.717, 1.165) is 29.3 Å². The molecule has 0 aliphatic heterocycles. The summed E-state index contributed by atoms with van der Waals surface area (Å²) >= 11 is 5.65. The first-order valence-electron chi connectivity index (χ1n) is 5.76. The van der Waals surface area contributed by atoms with Gasteiger partial charge in [-0.25, -0.2) is 0 Å². The number of halogens is 1. The van der Waals surface area contributed by atoms with Crippen LogP contribution in [-0.4, -0.2) is 15.2 Å². The van der Waals surface area contributed by atoms with Gasteiger partial charge in [0.15, 0.2) is 5.75 Å². The number of nitrogens with zero attached hydrogens (tertiary/aromatic N) is 3. The van der Waals surface area contributed by atoms with Gasteiger partial charge in [0.2, 0.25) is 5.88 Å². The van der Waals surface area contributed by atoms with E-state index in [-0.39, 0.29) is 0 Å². The highest BCUT2D eigenvalue weighted by molar-refractivity contribution is 6.16. The first-order valence-corrected chi connectivity index (χ1v) is 6.29. The van der Waals surface area contributed by atoms with Crippen LogP contribution in [0.4, 0.5) is 0 Å². The van der Waals surface area contributed by atoms with Gasteiger partial charge in [0.1, 0.15) is 0 Å². The molecule has 2 rings (SSSR count). The minimum absolute atomic E-state index is 0.347. The van der Waals surface area contributed by atoms with Crippen molar-refractivity contribution in [3.63, 3.8) is 0 Å². The smallest absolute Gasteiger partial charge is 0.238 e. The van der Waals surface area contributed by atoms with Crippen LogP contribution in [0, 0.1) is 6.92 Å². The largest absolute Gasteiger partial charge is 0.436 e. The number of aromatic nitrogens is 3. The third-order valence-corrected chi connectivity index (χ3v) is 2.73. The molecule has 2 heterocycles. The Morgan fingerprint density at radius 3 is 2.61 bits per heavy atom. The summed E-state index contributed by atoms with van der Waals surface area (Å²) in [4.78, 5) is 4.43. The van der Waals surface area contributed by atoms with Gasteiger partial charge in [-0.05, 0) is 31.5 Å². The maximum absolute atomic E-state index is 5.68. The predicted molar refractivity (Wildman–Crippen MR) is 70.0 cm³/mol. The third kappa shape index (κ3) is 2.96. The van der Waals surface area contributed by atoms with Crippen molar-refractivity contribution in [2.45, 2.75) is 26.1 Å². The zero-order valence-corrected chi connectivity index (χ0v) is 11.1. The van der Waals surface area contributed by atoms with Crippen molar-refractivity contribution in [3.8, 4) is 11.6 Å². The molecule has 4 nitrogen and oxygen atoms in total. The molecule has 0 bridgehead atoms. The standard InChI is InChI=1S/C13H14ClN3O/c1-3-11-12(6-4-9(2)15-11)18-13-7-5-10(8-14)16-17-13/h4-7H,3,8H2,1-2H3. The summed E-state index contributed by atoms with van der Waals surface area (Å²) in [5, 5.41) is 7.90. The lowest BCUT2D eigenvalue weighted by Crippen LogP contribution is -1.98. The molecule has 0 aromatic carbocycles. The van der Waals surface area contributed by atoms with Crippen molar-refractivity contribution >= 4 is 11.6 Å². The highest BCUT2D eigenvalue weighted by Crippen LogP contribution is 2.23. The summed E-state index contributed by atoms with van der Waals surface area (Å²) in [6.45, 7) is 3.99. The highest BCUT2D eigenvalue weighted by atomic mass is 35.5. The summed E-state index contributed by atoms with van der Waals surface area (Å²) in [5.74, 6) is 1.51. The molecule has 0 unspecified atom stereocenters. The Bertz CT molecular complexity index is 528. The summed E-state index contributed by atoms with van der Waals surface area (Å²) < 4.78 is 5.68. The summed E-state index contributed by atoms with van der Waals surface area (Å²) in [6.07, 6.45) is 0.810. The number of hydrogen-bond donors (Lipinski definition) is 0. The molecule has 2 aromatic heterocycles. The fourth-order valence-corrected chi connectivity index (χ4v) is 1.67. The number of rotatable bonds is 4. The summed E-state index contributed by atoms with van der Waals surface area (Å²) in [5.41, 5.74) is 2.61. The molecule has 0 saturated heterocycles. The van der Waals surface area contributed by atoms with Gasteiger partial charge in [0.25, 0.3) is 0 Å². The van der Waals surface area contributed by atoms with Gasteiger partial charge in [-0.1, -0.05) is 6.92 Å². The monoisotopic (exact) mass is 263 g/mol. The van der Waals surface area contributed by atoms with Gasteiger partial charge >= 0.3 is 0 Å². The van der Waals surface area contributed by atoms with E-state index in [1.165, 1.54) is 0 Å². The minimum atomic E-state index is 0.347. The van der Waals surface area contributed by atoms with E-state index in [0.29, 0.717) is 11.8 Å². The van der Waals surface area contributed by atoms with Crippen LogP contribution in [0.3, 0.4) is 0 Å². The topological polar surface area (TPSA) is 47.9 Å². The molecular formula is C13H14ClN3O. The SMILES string of the molecule is CCc1nc(C)ccc1Oc1ccc(CCl)nn1. The molecule has 94 valence electrons. The lowest BCUT2D eigenvalue weighted by Gasteiger charge is -2.08. The fourth-order valence-electron chi connectivity index (χ4n) is 1.53.